The Labute approximate surface area is 92.8 Å². The van der Waals surface area contributed by atoms with Crippen LogP contribution in [0.5, 0.6) is 0 Å². The van der Waals surface area contributed by atoms with Gasteiger partial charge in [0.15, 0.2) is 5.17 Å². The SMILES string of the molecule is Cn1ccc2cc(CSC(=N)N)ccc21. The maximum atomic E-state index is 7.15. The molecule has 0 radical (unpaired) electrons. The van der Waals surface area contributed by atoms with Crippen LogP contribution in [0.3, 0.4) is 0 Å². The number of thioether (sulfide) groups is 1. The first kappa shape index (κ1) is 10.1. The van der Waals surface area contributed by atoms with Crippen molar-refractivity contribution >= 4 is 27.8 Å². The van der Waals surface area contributed by atoms with Crippen molar-refractivity contribution in [2.45, 2.75) is 5.75 Å². The number of nitrogens with one attached hydrogen (secondary N) is 1. The Kier molecular flexibility index (Phi) is 2.68. The predicted molar refractivity (Wildman–Crippen MR) is 66.1 cm³/mol. The van der Waals surface area contributed by atoms with Gasteiger partial charge in [-0.2, -0.15) is 0 Å². The molecule has 0 amide bonds. The van der Waals surface area contributed by atoms with Crippen LogP contribution in [-0.2, 0) is 12.8 Å². The molecule has 0 fully saturated rings. The molecule has 0 bridgehead atoms. The Hall–Kier alpha value is -1.42. The molecule has 0 atom stereocenters. The molecule has 3 N–H and O–H groups in total. The molecule has 2 aromatic rings. The maximum Gasteiger partial charge on any atom is 0.151 e. The number of amidine groups is 1. The monoisotopic (exact) mass is 219 g/mol. The molecule has 1 heterocycles. The fourth-order valence-corrected chi connectivity index (χ4v) is 2.08. The number of hydrogen-bond donors (Lipinski definition) is 2. The van der Waals surface area contributed by atoms with Crippen molar-refractivity contribution in [1.29, 1.82) is 5.41 Å². The van der Waals surface area contributed by atoms with Crippen molar-refractivity contribution in [3.05, 3.63) is 36.0 Å². The number of nitrogens with two attached hydrogens (primary N) is 1. The predicted octanol–water partition coefficient (Wildman–Crippen LogP) is 2.30. The van der Waals surface area contributed by atoms with Gasteiger partial charge in [0.25, 0.3) is 0 Å². The maximum absolute atomic E-state index is 7.15. The summed E-state index contributed by atoms with van der Waals surface area (Å²) in [4.78, 5) is 0. The van der Waals surface area contributed by atoms with E-state index in [1.54, 1.807) is 0 Å². The van der Waals surface area contributed by atoms with E-state index in [9.17, 15) is 0 Å². The van der Waals surface area contributed by atoms with Crippen molar-refractivity contribution in [2.75, 3.05) is 0 Å². The molecule has 4 heteroatoms. The van der Waals surface area contributed by atoms with Gasteiger partial charge in [0.1, 0.15) is 0 Å². The van der Waals surface area contributed by atoms with E-state index in [4.69, 9.17) is 11.1 Å². The van der Waals surface area contributed by atoms with Crippen molar-refractivity contribution in [3.8, 4) is 0 Å². The fraction of sp³-hybridized carbons (Fsp3) is 0.182. The van der Waals surface area contributed by atoms with Crippen LogP contribution in [0.25, 0.3) is 10.9 Å². The third-order valence-corrected chi connectivity index (χ3v) is 3.13. The quantitative estimate of drug-likeness (QED) is 0.601. The lowest BCUT2D eigenvalue weighted by Gasteiger charge is -2.01. The molecule has 0 aliphatic heterocycles. The van der Waals surface area contributed by atoms with Gasteiger partial charge in [0.2, 0.25) is 0 Å². The van der Waals surface area contributed by atoms with E-state index in [2.05, 4.69) is 28.8 Å². The van der Waals surface area contributed by atoms with Gasteiger partial charge >= 0.3 is 0 Å². The lowest BCUT2D eigenvalue weighted by molar-refractivity contribution is 0.969. The average molecular weight is 219 g/mol. The van der Waals surface area contributed by atoms with Crippen LogP contribution in [0.2, 0.25) is 0 Å². The average Bonchev–Trinajstić information content (AvgIpc) is 2.57. The molecule has 0 spiro atoms. The molecule has 0 saturated heterocycles. The van der Waals surface area contributed by atoms with Gasteiger partial charge in [-0.1, -0.05) is 17.8 Å². The molecule has 0 unspecified atom stereocenters. The number of fused-ring (bicyclic) bond motifs is 1. The fourth-order valence-electron chi connectivity index (χ4n) is 1.58. The summed E-state index contributed by atoms with van der Waals surface area (Å²) in [6.07, 6.45) is 2.05. The van der Waals surface area contributed by atoms with Gasteiger partial charge < -0.3 is 10.3 Å². The van der Waals surface area contributed by atoms with Crippen LogP contribution in [0.15, 0.2) is 30.5 Å². The van der Waals surface area contributed by atoms with Crippen LogP contribution in [0, 0.1) is 5.41 Å². The van der Waals surface area contributed by atoms with Crippen molar-refractivity contribution < 1.29 is 0 Å². The summed E-state index contributed by atoms with van der Waals surface area (Å²) < 4.78 is 2.09. The summed E-state index contributed by atoms with van der Waals surface area (Å²) >= 11 is 1.35. The van der Waals surface area contributed by atoms with Gasteiger partial charge in [-0.25, -0.2) is 0 Å². The van der Waals surface area contributed by atoms with Crippen LogP contribution >= 0.6 is 11.8 Å². The zero-order valence-corrected chi connectivity index (χ0v) is 9.34. The van der Waals surface area contributed by atoms with Gasteiger partial charge in [0, 0.05) is 24.5 Å². The highest BCUT2D eigenvalue weighted by Crippen LogP contribution is 2.19. The summed E-state index contributed by atoms with van der Waals surface area (Å²) in [5.74, 6) is 0.764. The summed E-state index contributed by atoms with van der Waals surface area (Å²) in [6.45, 7) is 0. The molecule has 0 aliphatic carbocycles. The Morgan fingerprint density at radius 3 is 3.00 bits per heavy atom. The van der Waals surface area contributed by atoms with E-state index in [-0.39, 0.29) is 5.17 Å². The minimum atomic E-state index is 0.170. The second kappa shape index (κ2) is 3.98. The van der Waals surface area contributed by atoms with Crippen molar-refractivity contribution in [2.24, 2.45) is 12.8 Å². The van der Waals surface area contributed by atoms with Crippen LogP contribution in [0.1, 0.15) is 5.56 Å². The van der Waals surface area contributed by atoms with Crippen LogP contribution in [-0.4, -0.2) is 9.73 Å². The molecule has 2 rings (SSSR count). The molecule has 1 aromatic carbocycles. The van der Waals surface area contributed by atoms with Gasteiger partial charge in [-0.05, 0) is 29.1 Å². The first-order chi connectivity index (χ1) is 7.16. The largest absolute Gasteiger partial charge is 0.379 e. The minimum absolute atomic E-state index is 0.170. The molecule has 1 aromatic heterocycles. The lowest BCUT2D eigenvalue weighted by atomic mass is 10.2. The summed E-state index contributed by atoms with van der Waals surface area (Å²) in [5, 5.41) is 8.55. The second-order valence-electron chi connectivity index (χ2n) is 3.47. The Morgan fingerprint density at radius 2 is 2.27 bits per heavy atom. The van der Waals surface area contributed by atoms with Gasteiger partial charge in [0.05, 0.1) is 0 Å². The van der Waals surface area contributed by atoms with Gasteiger partial charge in [-0.15, -0.1) is 0 Å². The number of rotatable bonds is 2. The number of aryl methyl sites for hydroxylation is 1. The molecule has 78 valence electrons. The van der Waals surface area contributed by atoms with E-state index >= 15 is 0 Å². The third kappa shape index (κ3) is 2.15. The minimum Gasteiger partial charge on any atom is -0.379 e. The first-order valence-electron chi connectivity index (χ1n) is 4.67. The van der Waals surface area contributed by atoms with E-state index < -0.39 is 0 Å². The normalized spacial score (nSPS) is 10.7. The topological polar surface area (TPSA) is 54.8 Å². The van der Waals surface area contributed by atoms with E-state index in [0.29, 0.717) is 0 Å². The third-order valence-electron chi connectivity index (χ3n) is 2.34. The standard InChI is InChI=1S/C11H13N3S/c1-14-5-4-9-6-8(2-3-10(9)14)7-15-11(12)13/h2-6H,7H2,1H3,(H3,12,13). The summed E-state index contributed by atoms with van der Waals surface area (Å²) in [7, 11) is 2.03. The van der Waals surface area contributed by atoms with Crippen molar-refractivity contribution in [1.82, 2.24) is 4.57 Å². The molecule has 3 nitrogen and oxygen atoms in total. The Morgan fingerprint density at radius 1 is 1.47 bits per heavy atom. The van der Waals surface area contributed by atoms with Gasteiger partial charge in [-0.3, -0.25) is 5.41 Å². The smallest absolute Gasteiger partial charge is 0.151 e. The number of aromatic nitrogens is 1. The molecular weight excluding hydrogens is 206 g/mol. The summed E-state index contributed by atoms with van der Waals surface area (Å²) in [5.41, 5.74) is 7.73. The molecular formula is C11H13N3S. The zero-order chi connectivity index (χ0) is 10.8. The highest BCUT2D eigenvalue weighted by atomic mass is 32.2. The van der Waals surface area contributed by atoms with Crippen molar-refractivity contribution in [3.63, 3.8) is 0 Å². The van der Waals surface area contributed by atoms with Crippen LogP contribution < -0.4 is 5.73 Å². The molecule has 0 aliphatic rings. The first-order valence-corrected chi connectivity index (χ1v) is 5.66. The van der Waals surface area contributed by atoms with E-state index in [1.807, 2.05) is 13.2 Å². The number of hydrogen-bond acceptors (Lipinski definition) is 2. The van der Waals surface area contributed by atoms with Crippen LogP contribution in [0.4, 0.5) is 0 Å². The highest BCUT2D eigenvalue weighted by molar-refractivity contribution is 8.13. The zero-order valence-electron chi connectivity index (χ0n) is 8.53. The highest BCUT2D eigenvalue weighted by Gasteiger charge is 2.00. The molecule has 15 heavy (non-hydrogen) atoms. The van der Waals surface area contributed by atoms with E-state index in [1.165, 1.54) is 28.2 Å². The lowest BCUT2D eigenvalue weighted by Crippen LogP contribution is -2.03. The summed E-state index contributed by atoms with van der Waals surface area (Å²) in [6, 6.07) is 8.42. The number of benzene rings is 1. The second-order valence-corrected chi connectivity index (χ2v) is 4.49. The molecule has 0 saturated carbocycles. The van der Waals surface area contributed by atoms with E-state index in [0.717, 1.165) is 5.75 Å². The Bertz CT molecular complexity index is 502. The Balaban J connectivity index is 2.27. The number of nitrogens with zero attached hydrogens (tertiary/aromatic N) is 1.